The van der Waals surface area contributed by atoms with Gasteiger partial charge in [0.15, 0.2) is 0 Å². The third-order valence-corrected chi connectivity index (χ3v) is 8.24. The van der Waals surface area contributed by atoms with E-state index >= 15 is 0 Å². The van der Waals surface area contributed by atoms with Gasteiger partial charge in [0.05, 0.1) is 22.7 Å². The van der Waals surface area contributed by atoms with Crippen LogP contribution >= 0.6 is 0 Å². The first kappa shape index (κ1) is 23.5. The number of allylic oxidation sites excluding steroid dienone is 2. The summed E-state index contributed by atoms with van der Waals surface area (Å²) in [7, 11) is -3.71. The van der Waals surface area contributed by atoms with Crippen LogP contribution in [0.3, 0.4) is 0 Å². The molecule has 0 fully saturated rings. The lowest BCUT2D eigenvalue weighted by molar-refractivity contribution is 0.242. The van der Waals surface area contributed by atoms with Gasteiger partial charge < -0.3 is 10.1 Å². The lowest BCUT2D eigenvalue weighted by Crippen LogP contribution is -2.29. The number of nitrogens with one attached hydrogen (secondary N) is 2. The van der Waals surface area contributed by atoms with Crippen LogP contribution in [0, 0.1) is 19.8 Å². The van der Waals surface area contributed by atoms with E-state index in [1.165, 1.54) is 5.56 Å². The summed E-state index contributed by atoms with van der Waals surface area (Å²) in [6, 6.07) is 19.6. The molecule has 3 aromatic rings. The molecular weight excluding hydrogens is 456 g/mol. The highest BCUT2D eigenvalue weighted by Gasteiger charge is 2.38. The zero-order chi connectivity index (χ0) is 24.7. The molecule has 5 nitrogen and oxygen atoms in total. The molecule has 0 saturated carbocycles. The SMILES string of the molecule is Cc1ccc(NS(=O)(=O)c2ccc3c(c2)[C@H]2C=CC[C@H]2[C@@H](c2ccc(OC(C)C)cc2)N3)c(C)c1. The van der Waals surface area contributed by atoms with E-state index in [1.807, 2.05) is 70.2 Å². The summed E-state index contributed by atoms with van der Waals surface area (Å²) in [5.41, 5.74) is 5.83. The Balaban J connectivity index is 1.43. The van der Waals surface area contributed by atoms with Gasteiger partial charge in [-0.1, -0.05) is 42.0 Å². The molecule has 6 heteroatoms. The Morgan fingerprint density at radius 3 is 2.49 bits per heavy atom. The fourth-order valence-corrected chi connectivity index (χ4v) is 6.39. The van der Waals surface area contributed by atoms with Crippen molar-refractivity contribution < 1.29 is 13.2 Å². The number of ether oxygens (including phenoxy) is 1. The minimum absolute atomic E-state index is 0.138. The molecular formula is C29H32N2O3S. The minimum atomic E-state index is -3.71. The molecule has 5 rings (SSSR count). The zero-order valence-corrected chi connectivity index (χ0v) is 21.4. The van der Waals surface area contributed by atoms with Gasteiger partial charge in [-0.15, -0.1) is 0 Å². The van der Waals surface area contributed by atoms with Crippen LogP contribution in [0.4, 0.5) is 11.4 Å². The predicted molar refractivity (Wildman–Crippen MR) is 142 cm³/mol. The summed E-state index contributed by atoms with van der Waals surface area (Å²) in [4.78, 5) is 0.283. The summed E-state index contributed by atoms with van der Waals surface area (Å²) in [5, 5.41) is 3.69. The van der Waals surface area contributed by atoms with Crippen molar-refractivity contribution in [1.82, 2.24) is 0 Å². The fourth-order valence-electron chi connectivity index (χ4n) is 5.23. The van der Waals surface area contributed by atoms with Crippen LogP contribution in [0.25, 0.3) is 0 Å². The van der Waals surface area contributed by atoms with Crippen molar-refractivity contribution >= 4 is 21.4 Å². The molecule has 0 spiro atoms. The zero-order valence-electron chi connectivity index (χ0n) is 20.6. The van der Waals surface area contributed by atoms with E-state index in [9.17, 15) is 8.42 Å². The molecule has 0 radical (unpaired) electrons. The maximum absolute atomic E-state index is 13.2. The molecule has 1 aliphatic carbocycles. The van der Waals surface area contributed by atoms with Gasteiger partial charge in [0, 0.05) is 11.6 Å². The Kier molecular flexibility index (Phi) is 6.09. The summed E-state index contributed by atoms with van der Waals surface area (Å²) in [6.07, 6.45) is 5.52. The minimum Gasteiger partial charge on any atom is -0.491 e. The molecule has 0 saturated heterocycles. The van der Waals surface area contributed by atoms with Crippen LogP contribution in [0.15, 0.2) is 77.7 Å². The maximum atomic E-state index is 13.2. The van der Waals surface area contributed by atoms with Gasteiger partial charge in [0.25, 0.3) is 10.0 Å². The average molecular weight is 489 g/mol. The number of anilines is 2. The van der Waals surface area contributed by atoms with Gasteiger partial charge in [-0.25, -0.2) is 8.42 Å². The summed E-state index contributed by atoms with van der Waals surface area (Å²) in [5.74, 6) is 1.36. The number of hydrogen-bond acceptors (Lipinski definition) is 4. The normalized spacial score (nSPS) is 20.8. The molecule has 2 aliphatic rings. The average Bonchev–Trinajstić information content (AvgIpc) is 3.31. The Labute approximate surface area is 208 Å². The van der Waals surface area contributed by atoms with Crippen molar-refractivity contribution in [2.24, 2.45) is 5.92 Å². The van der Waals surface area contributed by atoms with Crippen LogP contribution in [0.1, 0.15) is 54.5 Å². The van der Waals surface area contributed by atoms with Crippen molar-refractivity contribution in [1.29, 1.82) is 0 Å². The topological polar surface area (TPSA) is 67.4 Å². The maximum Gasteiger partial charge on any atom is 0.261 e. The second-order valence-corrected chi connectivity index (χ2v) is 11.6. The van der Waals surface area contributed by atoms with E-state index in [0.29, 0.717) is 11.6 Å². The van der Waals surface area contributed by atoms with Crippen molar-refractivity contribution in [3.63, 3.8) is 0 Å². The standard InChI is InChI=1S/C29H32N2O3S/c1-18(2)34-22-11-9-21(10-12-22)29-25-7-5-6-24(25)26-17-23(13-15-28(26)30-29)35(32,33)31-27-14-8-19(3)16-20(27)4/h5-6,8-18,24-25,29-31H,7H2,1-4H3/t24-,25+,29+/m0/s1. The molecule has 0 aromatic heterocycles. The third-order valence-electron chi connectivity index (χ3n) is 6.88. The van der Waals surface area contributed by atoms with E-state index in [-0.39, 0.29) is 23.0 Å². The Morgan fingerprint density at radius 2 is 1.77 bits per heavy atom. The molecule has 3 atom stereocenters. The Hall–Kier alpha value is -3.25. The van der Waals surface area contributed by atoms with Crippen LogP contribution in [0.2, 0.25) is 0 Å². The predicted octanol–water partition coefficient (Wildman–Crippen LogP) is 6.72. The van der Waals surface area contributed by atoms with Crippen LogP contribution < -0.4 is 14.8 Å². The largest absolute Gasteiger partial charge is 0.491 e. The van der Waals surface area contributed by atoms with Gasteiger partial charge >= 0.3 is 0 Å². The monoisotopic (exact) mass is 488 g/mol. The van der Waals surface area contributed by atoms with Gasteiger partial charge in [-0.05, 0) is 93.1 Å². The number of hydrogen-bond donors (Lipinski definition) is 2. The lowest BCUT2D eigenvalue weighted by Gasteiger charge is -2.37. The molecule has 1 aliphatic heterocycles. The van der Waals surface area contributed by atoms with Crippen molar-refractivity contribution in [3.8, 4) is 5.75 Å². The summed E-state index contributed by atoms with van der Waals surface area (Å²) < 4.78 is 35.1. The van der Waals surface area contributed by atoms with E-state index in [1.54, 1.807) is 6.07 Å². The second kappa shape index (κ2) is 9.08. The van der Waals surface area contributed by atoms with E-state index in [0.717, 1.165) is 34.5 Å². The molecule has 3 aromatic carbocycles. The second-order valence-electron chi connectivity index (χ2n) is 9.88. The first-order chi connectivity index (χ1) is 16.7. The fraction of sp³-hybridized carbons (Fsp3) is 0.310. The van der Waals surface area contributed by atoms with Crippen molar-refractivity contribution in [2.75, 3.05) is 10.0 Å². The highest BCUT2D eigenvalue weighted by Crippen LogP contribution is 2.50. The number of benzene rings is 3. The number of sulfonamides is 1. The molecule has 182 valence electrons. The number of rotatable bonds is 6. The summed E-state index contributed by atoms with van der Waals surface area (Å²) >= 11 is 0. The van der Waals surface area contributed by atoms with Crippen molar-refractivity contribution in [2.45, 2.75) is 57.1 Å². The van der Waals surface area contributed by atoms with Gasteiger partial charge in [0.1, 0.15) is 5.75 Å². The molecule has 0 unspecified atom stereocenters. The number of aryl methyl sites for hydroxylation is 2. The molecule has 0 bridgehead atoms. The Bertz CT molecular complexity index is 1380. The molecule has 1 heterocycles. The smallest absolute Gasteiger partial charge is 0.261 e. The third kappa shape index (κ3) is 4.67. The van der Waals surface area contributed by atoms with E-state index in [2.05, 4.69) is 34.3 Å². The van der Waals surface area contributed by atoms with Crippen LogP contribution in [-0.2, 0) is 10.0 Å². The quantitative estimate of drug-likeness (QED) is 0.378. The van der Waals surface area contributed by atoms with Crippen molar-refractivity contribution in [3.05, 3.63) is 95.1 Å². The van der Waals surface area contributed by atoms with Gasteiger partial charge in [-0.2, -0.15) is 0 Å². The van der Waals surface area contributed by atoms with E-state index in [4.69, 9.17) is 4.74 Å². The number of fused-ring (bicyclic) bond motifs is 3. The van der Waals surface area contributed by atoms with Crippen LogP contribution in [0.5, 0.6) is 5.75 Å². The van der Waals surface area contributed by atoms with Gasteiger partial charge in [0.2, 0.25) is 0 Å². The van der Waals surface area contributed by atoms with Gasteiger partial charge in [-0.3, -0.25) is 4.72 Å². The highest BCUT2D eigenvalue weighted by molar-refractivity contribution is 7.92. The lowest BCUT2D eigenvalue weighted by atomic mass is 9.77. The molecule has 35 heavy (non-hydrogen) atoms. The Morgan fingerprint density at radius 1 is 1.00 bits per heavy atom. The van der Waals surface area contributed by atoms with Crippen LogP contribution in [-0.4, -0.2) is 14.5 Å². The molecule has 0 amide bonds. The molecule has 2 N–H and O–H groups in total. The first-order valence-corrected chi connectivity index (χ1v) is 13.6. The first-order valence-electron chi connectivity index (χ1n) is 12.1. The van der Waals surface area contributed by atoms with E-state index < -0.39 is 10.0 Å². The summed E-state index contributed by atoms with van der Waals surface area (Å²) in [6.45, 7) is 7.95. The highest BCUT2D eigenvalue weighted by atomic mass is 32.2.